The predicted molar refractivity (Wildman–Crippen MR) is 111 cm³/mol. The normalized spacial score (nSPS) is 14.4. The summed E-state index contributed by atoms with van der Waals surface area (Å²) in [6.45, 7) is 0.173. The maximum Gasteiger partial charge on any atom is 0.420 e. The molecule has 9 nitrogen and oxygen atoms in total. The molecule has 11 heteroatoms. The van der Waals surface area contributed by atoms with Gasteiger partial charge in [0.2, 0.25) is 15.9 Å². The van der Waals surface area contributed by atoms with E-state index in [2.05, 4.69) is 14.9 Å². The molecule has 1 saturated carbocycles. The van der Waals surface area contributed by atoms with E-state index in [4.69, 9.17) is 20.5 Å². The van der Waals surface area contributed by atoms with Crippen molar-refractivity contribution in [3.05, 3.63) is 75.3 Å². The summed E-state index contributed by atoms with van der Waals surface area (Å²) in [5, 5.41) is 4.48. The van der Waals surface area contributed by atoms with Gasteiger partial charge in [0.1, 0.15) is 0 Å². The van der Waals surface area contributed by atoms with E-state index in [1.165, 1.54) is 22.8 Å². The van der Waals surface area contributed by atoms with E-state index in [1.807, 2.05) is 0 Å². The maximum atomic E-state index is 12.7. The van der Waals surface area contributed by atoms with E-state index in [0.717, 1.165) is 18.4 Å². The molecule has 0 saturated heterocycles. The molecule has 160 valence electrons. The molecule has 5 rings (SSSR count). The molecule has 2 aromatic heterocycles. The average molecular weight is 461 g/mol. The van der Waals surface area contributed by atoms with Gasteiger partial charge in [-0.25, -0.2) is 17.9 Å². The van der Waals surface area contributed by atoms with Gasteiger partial charge in [0.05, 0.1) is 17.0 Å². The van der Waals surface area contributed by atoms with E-state index in [0.29, 0.717) is 28.2 Å². The van der Waals surface area contributed by atoms with Crippen molar-refractivity contribution in [2.45, 2.75) is 36.7 Å². The minimum Gasteiger partial charge on any atom is -0.408 e. The summed E-state index contributed by atoms with van der Waals surface area (Å²) in [5.41, 5.74) is 1.36. The van der Waals surface area contributed by atoms with Crippen molar-refractivity contribution < 1.29 is 17.4 Å². The third kappa shape index (κ3) is 4.14. The fraction of sp³-hybridized carbons (Fsp3) is 0.250. The highest BCUT2D eigenvalue weighted by atomic mass is 35.5. The Bertz CT molecular complexity index is 1420. The Morgan fingerprint density at radius 3 is 2.68 bits per heavy atom. The molecule has 0 atom stereocenters. The first-order valence-corrected chi connectivity index (χ1v) is 11.5. The first-order valence-electron chi connectivity index (χ1n) is 9.59. The molecule has 4 aromatic rings. The smallest absolute Gasteiger partial charge is 0.408 e. The summed E-state index contributed by atoms with van der Waals surface area (Å²) < 4.78 is 39.7. The van der Waals surface area contributed by atoms with Crippen LogP contribution in [0.25, 0.3) is 11.1 Å². The lowest BCUT2D eigenvalue weighted by Crippen LogP contribution is -2.23. The molecule has 0 unspecified atom stereocenters. The van der Waals surface area contributed by atoms with Crippen LogP contribution in [0.2, 0.25) is 5.02 Å². The molecule has 0 aliphatic heterocycles. The maximum absolute atomic E-state index is 12.7. The Morgan fingerprint density at radius 2 is 1.94 bits per heavy atom. The van der Waals surface area contributed by atoms with Crippen molar-refractivity contribution in [1.29, 1.82) is 0 Å². The highest BCUT2D eigenvalue weighted by Gasteiger charge is 2.29. The number of sulfonamides is 1. The van der Waals surface area contributed by atoms with Crippen LogP contribution >= 0.6 is 11.6 Å². The number of hydrogen-bond donors (Lipinski definition) is 1. The summed E-state index contributed by atoms with van der Waals surface area (Å²) in [7, 11) is -3.82. The second-order valence-electron chi connectivity index (χ2n) is 7.36. The average Bonchev–Trinajstić information content (AvgIpc) is 3.42. The van der Waals surface area contributed by atoms with Gasteiger partial charge in [-0.1, -0.05) is 28.9 Å². The van der Waals surface area contributed by atoms with Gasteiger partial charge in [0.25, 0.3) is 0 Å². The number of nitrogens with one attached hydrogen (secondary N) is 1. The third-order valence-electron chi connectivity index (χ3n) is 5.04. The second-order valence-corrected chi connectivity index (χ2v) is 9.56. The molecule has 0 spiro atoms. The van der Waals surface area contributed by atoms with Crippen LogP contribution in [0.3, 0.4) is 0 Å². The van der Waals surface area contributed by atoms with Gasteiger partial charge in [-0.3, -0.25) is 4.57 Å². The molecular weight excluding hydrogens is 444 g/mol. The standard InChI is InChI=1S/C20H17ClN4O5S/c21-14-5-1-12(2-6-14)10-22-31(27,28)15-7-8-16-17(9-15)29-20(26)25(16)11-18-23-19(30-24-18)13-3-4-13/h1-2,5-9,13,22H,3-4,10-11H2. The van der Waals surface area contributed by atoms with Gasteiger partial charge in [-0.2, -0.15) is 4.98 Å². The Balaban J connectivity index is 1.38. The largest absolute Gasteiger partial charge is 0.420 e. The first-order chi connectivity index (χ1) is 14.9. The lowest BCUT2D eigenvalue weighted by atomic mass is 10.2. The monoisotopic (exact) mass is 460 g/mol. The van der Waals surface area contributed by atoms with Crippen LogP contribution in [0, 0.1) is 0 Å². The number of benzene rings is 2. The SMILES string of the molecule is O=c1oc2cc(S(=O)(=O)NCc3ccc(Cl)cc3)ccc2n1Cc1noc(C2CC2)n1. The number of halogens is 1. The molecule has 1 N–H and O–H groups in total. The molecule has 2 heterocycles. The Kier molecular flexibility index (Phi) is 4.92. The number of fused-ring (bicyclic) bond motifs is 1. The van der Waals surface area contributed by atoms with Crippen molar-refractivity contribution >= 4 is 32.7 Å². The first kappa shape index (κ1) is 20.0. The van der Waals surface area contributed by atoms with Gasteiger partial charge in [0.15, 0.2) is 11.4 Å². The van der Waals surface area contributed by atoms with Crippen LogP contribution < -0.4 is 10.5 Å². The van der Waals surface area contributed by atoms with Crippen LogP contribution in [-0.2, 0) is 23.1 Å². The summed E-state index contributed by atoms with van der Waals surface area (Å²) >= 11 is 5.85. The zero-order chi connectivity index (χ0) is 21.6. The van der Waals surface area contributed by atoms with Crippen molar-refractivity contribution in [2.75, 3.05) is 0 Å². The van der Waals surface area contributed by atoms with E-state index in [9.17, 15) is 13.2 Å². The zero-order valence-corrected chi connectivity index (χ0v) is 17.7. The summed E-state index contributed by atoms with van der Waals surface area (Å²) in [4.78, 5) is 16.6. The zero-order valence-electron chi connectivity index (χ0n) is 16.1. The molecular formula is C20H17ClN4O5S. The van der Waals surface area contributed by atoms with E-state index < -0.39 is 15.8 Å². The summed E-state index contributed by atoms with van der Waals surface area (Å²) in [5.74, 6) is 0.632. The van der Waals surface area contributed by atoms with Crippen molar-refractivity contribution in [3.63, 3.8) is 0 Å². The minimum atomic E-state index is -3.82. The molecule has 0 bridgehead atoms. The number of nitrogens with zero attached hydrogens (tertiary/aromatic N) is 3. The van der Waals surface area contributed by atoms with Crippen LogP contribution in [0.4, 0.5) is 0 Å². The molecule has 2 aromatic carbocycles. The lowest BCUT2D eigenvalue weighted by Gasteiger charge is -2.07. The minimum absolute atomic E-state index is 0.00885. The predicted octanol–water partition coefficient (Wildman–Crippen LogP) is 3.04. The lowest BCUT2D eigenvalue weighted by molar-refractivity contribution is 0.372. The molecule has 0 amide bonds. The quantitative estimate of drug-likeness (QED) is 0.450. The fourth-order valence-corrected chi connectivity index (χ4v) is 4.36. The van der Waals surface area contributed by atoms with Crippen molar-refractivity contribution in [2.24, 2.45) is 0 Å². The number of rotatable bonds is 7. The van der Waals surface area contributed by atoms with Crippen LogP contribution in [0.15, 0.2) is 61.1 Å². The van der Waals surface area contributed by atoms with E-state index >= 15 is 0 Å². The topological polar surface area (TPSA) is 120 Å². The van der Waals surface area contributed by atoms with Gasteiger partial charge < -0.3 is 8.94 Å². The Hall–Kier alpha value is -2.95. The molecule has 1 fully saturated rings. The van der Waals surface area contributed by atoms with Gasteiger partial charge >= 0.3 is 5.76 Å². The van der Waals surface area contributed by atoms with E-state index in [1.54, 1.807) is 24.3 Å². The molecule has 0 radical (unpaired) electrons. The Morgan fingerprint density at radius 1 is 1.16 bits per heavy atom. The van der Waals surface area contributed by atoms with Crippen molar-refractivity contribution in [3.8, 4) is 0 Å². The van der Waals surface area contributed by atoms with Crippen molar-refractivity contribution in [1.82, 2.24) is 19.4 Å². The van der Waals surface area contributed by atoms with Crippen LogP contribution in [-0.4, -0.2) is 23.1 Å². The van der Waals surface area contributed by atoms with Gasteiger partial charge in [-0.15, -0.1) is 0 Å². The highest BCUT2D eigenvalue weighted by molar-refractivity contribution is 7.89. The molecule has 31 heavy (non-hydrogen) atoms. The summed E-state index contributed by atoms with van der Waals surface area (Å²) in [6, 6.07) is 11.1. The van der Waals surface area contributed by atoms with Gasteiger partial charge in [-0.05, 0) is 42.7 Å². The number of oxazole rings is 1. The Labute approximate surface area is 181 Å². The van der Waals surface area contributed by atoms with Crippen LogP contribution in [0.5, 0.6) is 0 Å². The molecule has 1 aliphatic rings. The summed E-state index contributed by atoms with van der Waals surface area (Å²) in [6.07, 6.45) is 2.05. The third-order valence-corrected chi connectivity index (χ3v) is 6.69. The number of hydrogen-bond acceptors (Lipinski definition) is 7. The second kappa shape index (κ2) is 7.63. The van der Waals surface area contributed by atoms with E-state index in [-0.39, 0.29) is 23.6 Å². The highest BCUT2D eigenvalue weighted by Crippen LogP contribution is 2.38. The number of aromatic nitrogens is 3. The van der Waals surface area contributed by atoms with Gasteiger partial charge in [0, 0.05) is 23.6 Å². The fourth-order valence-electron chi connectivity index (χ4n) is 3.20. The molecule has 1 aliphatic carbocycles. The van der Waals surface area contributed by atoms with Crippen LogP contribution in [0.1, 0.15) is 36.0 Å².